The topological polar surface area (TPSA) is 32.8 Å². The lowest BCUT2D eigenvalue weighted by molar-refractivity contribution is -0.000979. The molecule has 4 aliphatic rings. The molecule has 3 aromatic carbocycles. The van der Waals surface area contributed by atoms with E-state index in [0.717, 1.165) is 75.5 Å². The lowest BCUT2D eigenvalue weighted by atomic mass is 9.87. The number of rotatable bonds is 6. The lowest BCUT2D eigenvalue weighted by Crippen LogP contribution is -2.46. The van der Waals surface area contributed by atoms with E-state index in [1.165, 1.54) is 22.8 Å². The molecule has 1 amide bonds. The van der Waals surface area contributed by atoms with Crippen molar-refractivity contribution < 1.29 is 18.3 Å². The maximum Gasteiger partial charge on any atom is 0.415 e. The molecule has 2 aliphatic carbocycles. The van der Waals surface area contributed by atoms with E-state index < -0.39 is 17.2 Å². The summed E-state index contributed by atoms with van der Waals surface area (Å²) in [6.45, 7) is 3.15. The SMILES string of the molecule is O=C1OC2(CCN(Cc3cc(C4CC4)c(-c4ccc(F)cc4F)c(C4CC4)c3)CC2)CN1c1ccccc1. The highest BCUT2D eigenvalue weighted by Crippen LogP contribution is 2.52. The molecule has 0 aromatic heterocycles. The number of halogens is 2. The van der Waals surface area contributed by atoms with Gasteiger partial charge < -0.3 is 4.74 Å². The number of hydrogen-bond donors (Lipinski definition) is 0. The standard InChI is InChI=1S/C32H32F2N2O2/c33-24-10-11-26(29(34)18-24)30-27(22-6-7-22)16-21(17-28(30)23-8-9-23)19-35-14-12-32(13-15-35)20-36(31(37)38-32)25-4-2-1-3-5-25/h1-5,10-11,16-18,22-23H,6-9,12-15,19-20H2. The van der Waals surface area contributed by atoms with E-state index >= 15 is 0 Å². The van der Waals surface area contributed by atoms with E-state index in [2.05, 4.69) is 17.0 Å². The molecule has 4 nitrogen and oxygen atoms in total. The first-order chi connectivity index (χ1) is 18.5. The Morgan fingerprint density at radius 3 is 2.13 bits per heavy atom. The number of nitrogens with zero attached hydrogens (tertiary/aromatic N) is 2. The summed E-state index contributed by atoms with van der Waals surface area (Å²) in [4.78, 5) is 16.9. The second-order valence-electron chi connectivity index (χ2n) is 11.6. The second kappa shape index (κ2) is 9.19. The average Bonchev–Trinajstić information content (AvgIpc) is 3.84. The maximum atomic E-state index is 15.0. The Bertz CT molecular complexity index is 1340. The Balaban J connectivity index is 1.11. The third-order valence-corrected chi connectivity index (χ3v) is 8.71. The van der Waals surface area contributed by atoms with E-state index in [1.807, 2.05) is 30.3 Å². The summed E-state index contributed by atoms with van der Waals surface area (Å²) >= 11 is 0. The minimum absolute atomic E-state index is 0.253. The van der Waals surface area contributed by atoms with Crippen LogP contribution in [0.3, 0.4) is 0 Å². The van der Waals surface area contributed by atoms with Gasteiger partial charge in [0.2, 0.25) is 0 Å². The number of benzene rings is 3. The summed E-state index contributed by atoms with van der Waals surface area (Å²) in [6, 6.07) is 18.3. The predicted octanol–water partition coefficient (Wildman–Crippen LogP) is 7.38. The molecule has 0 unspecified atom stereocenters. The van der Waals surface area contributed by atoms with Gasteiger partial charge in [-0.15, -0.1) is 0 Å². The molecular weight excluding hydrogens is 482 g/mol. The van der Waals surface area contributed by atoms with Crippen molar-refractivity contribution in [3.05, 3.63) is 89.0 Å². The summed E-state index contributed by atoms with van der Waals surface area (Å²) in [5, 5.41) is 0. The van der Waals surface area contributed by atoms with Crippen LogP contribution >= 0.6 is 0 Å². The van der Waals surface area contributed by atoms with E-state index in [9.17, 15) is 13.6 Å². The van der Waals surface area contributed by atoms with E-state index in [-0.39, 0.29) is 6.09 Å². The third-order valence-electron chi connectivity index (χ3n) is 8.71. The first-order valence-corrected chi connectivity index (χ1v) is 13.9. The van der Waals surface area contributed by atoms with Crippen LogP contribution in [0.15, 0.2) is 60.7 Å². The lowest BCUT2D eigenvalue weighted by Gasteiger charge is -2.37. The molecule has 2 saturated carbocycles. The summed E-state index contributed by atoms with van der Waals surface area (Å²) in [6.07, 6.45) is 5.87. The van der Waals surface area contributed by atoms with E-state index in [0.29, 0.717) is 23.9 Å². The predicted molar refractivity (Wildman–Crippen MR) is 143 cm³/mol. The van der Waals surface area contributed by atoms with Gasteiger partial charge in [-0.3, -0.25) is 9.80 Å². The van der Waals surface area contributed by atoms with Crippen LogP contribution in [-0.2, 0) is 11.3 Å². The van der Waals surface area contributed by atoms with Crippen molar-refractivity contribution in [2.45, 2.75) is 62.5 Å². The molecule has 0 bridgehead atoms. The Hall–Kier alpha value is -3.25. The van der Waals surface area contributed by atoms with E-state index in [1.54, 1.807) is 11.0 Å². The Kier molecular flexibility index (Phi) is 5.77. The molecule has 0 atom stereocenters. The van der Waals surface area contributed by atoms with Gasteiger partial charge in [0.15, 0.2) is 0 Å². The van der Waals surface area contributed by atoms with Gasteiger partial charge in [0, 0.05) is 49.8 Å². The van der Waals surface area contributed by atoms with E-state index in [4.69, 9.17) is 4.74 Å². The van der Waals surface area contributed by atoms with Crippen LogP contribution in [0.1, 0.15) is 67.1 Å². The van der Waals surface area contributed by atoms with Gasteiger partial charge in [-0.25, -0.2) is 13.6 Å². The normalized spacial score (nSPS) is 21.2. The molecule has 38 heavy (non-hydrogen) atoms. The molecule has 0 radical (unpaired) electrons. The summed E-state index contributed by atoms with van der Waals surface area (Å²) in [5.41, 5.74) is 5.73. The smallest absolute Gasteiger partial charge is 0.415 e. The molecule has 7 rings (SSSR count). The van der Waals surface area contributed by atoms with Crippen molar-refractivity contribution in [1.82, 2.24) is 4.90 Å². The number of piperidine rings is 1. The van der Waals surface area contributed by atoms with Crippen molar-refractivity contribution >= 4 is 11.8 Å². The van der Waals surface area contributed by atoms with Crippen molar-refractivity contribution in [3.63, 3.8) is 0 Å². The number of amides is 1. The molecule has 196 valence electrons. The Morgan fingerprint density at radius 2 is 1.53 bits per heavy atom. The molecule has 3 aromatic rings. The highest BCUT2D eigenvalue weighted by Gasteiger charge is 2.47. The first kappa shape index (κ1) is 23.8. The summed E-state index contributed by atoms with van der Waals surface area (Å²) in [7, 11) is 0. The molecule has 1 spiro atoms. The number of para-hydroxylation sites is 1. The molecule has 2 heterocycles. The van der Waals surface area contributed by atoms with Crippen LogP contribution < -0.4 is 4.90 Å². The number of carbonyl (C=O) groups is 1. The van der Waals surface area contributed by atoms with Crippen LogP contribution in [0.2, 0.25) is 0 Å². The van der Waals surface area contributed by atoms with Crippen LogP contribution in [0.4, 0.5) is 19.3 Å². The average molecular weight is 515 g/mol. The third kappa shape index (κ3) is 4.49. The van der Waals surface area contributed by atoms with Gasteiger partial charge in [0.05, 0.1) is 6.54 Å². The minimum atomic E-state index is -0.536. The Morgan fingerprint density at radius 1 is 0.868 bits per heavy atom. The minimum Gasteiger partial charge on any atom is -0.441 e. The van der Waals surface area contributed by atoms with Crippen molar-refractivity contribution in [2.24, 2.45) is 0 Å². The van der Waals surface area contributed by atoms with Gasteiger partial charge in [-0.05, 0) is 84.0 Å². The largest absolute Gasteiger partial charge is 0.441 e. The second-order valence-corrected chi connectivity index (χ2v) is 11.6. The molecule has 2 saturated heterocycles. The molecular formula is C32H32F2N2O2. The summed E-state index contributed by atoms with van der Waals surface area (Å²) in [5.74, 6) is -0.0955. The number of hydrogen-bond acceptors (Lipinski definition) is 3. The molecule has 0 N–H and O–H groups in total. The van der Waals surface area contributed by atoms with Gasteiger partial charge in [0.25, 0.3) is 0 Å². The fourth-order valence-corrected chi connectivity index (χ4v) is 6.35. The van der Waals surface area contributed by atoms with Crippen LogP contribution in [-0.4, -0.2) is 36.2 Å². The Labute approximate surface area is 222 Å². The van der Waals surface area contributed by atoms with Crippen LogP contribution in [0, 0.1) is 11.6 Å². The number of anilines is 1. The van der Waals surface area contributed by atoms with Crippen LogP contribution in [0.5, 0.6) is 0 Å². The zero-order chi connectivity index (χ0) is 25.9. The highest BCUT2D eigenvalue weighted by molar-refractivity contribution is 5.90. The zero-order valence-corrected chi connectivity index (χ0v) is 21.5. The number of ether oxygens (including phenoxy) is 1. The monoisotopic (exact) mass is 514 g/mol. The fraction of sp³-hybridized carbons (Fsp3) is 0.406. The van der Waals surface area contributed by atoms with Gasteiger partial charge in [-0.1, -0.05) is 30.3 Å². The van der Waals surface area contributed by atoms with Crippen molar-refractivity contribution in [1.29, 1.82) is 0 Å². The fourth-order valence-electron chi connectivity index (χ4n) is 6.35. The van der Waals surface area contributed by atoms with Gasteiger partial charge in [0.1, 0.15) is 17.2 Å². The van der Waals surface area contributed by atoms with Gasteiger partial charge in [-0.2, -0.15) is 0 Å². The number of carbonyl (C=O) groups excluding carboxylic acids is 1. The van der Waals surface area contributed by atoms with Crippen molar-refractivity contribution in [3.8, 4) is 11.1 Å². The highest BCUT2D eigenvalue weighted by atomic mass is 19.1. The van der Waals surface area contributed by atoms with Gasteiger partial charge >= 0.3 is 6.09 Å². The van der Waals surface area contributed by atoms with Crippen molar-refractivity contribution in [2.75, 3.05) is 24.5 Å². The number of likely N-dealkylation sites (tertiary alicyclic amines) is 1. The molecule has 2 aliphatic heterocycles. The zero-order valence-electron chi connectivity index (χ0n) is 21.5. The first-order valence-electron chi connectivity index (χ1n) is 13.9. The summed E-state index contributed by atoms with van der Waals surface area (Å²) < 4.78 is 34.6. The maximum absolute atomic E-state index is 15.0. The molecule has 6 heteroatoms. The van der Waals surface area contributed by atoms with Crippen LogP contribution in [0.25, 0.3) is 11.1 Å². The quantitative estimate of drug-likeness (QED) is 0.344. The molecule has 4 fully saturated rings.